The lowest BCUT2D eigenvalue weighted by Gasteiger charge is -2.38. The third kappa shape index (κ3) is 4.88. The number of halogens is 1. The largest absolute Gasteiger partial charge is 0.373 e. The summed E-state index contributed by atoms with van der Waals surface area (Å²) in [5.41, 5.74) is 1.71. The van der Waals surface area contributed by atoms with Crippen LogP contribution in [0.1, 0.15) is 38.7 Å². The standard InChI is InChI=1S/C20H28ClN3O/c1-15-13-23(14-16(2)25-15)8-5-17-6-9-24(10-7-17)20-4-3-19(21)11-18(20)12-22/h3-4,11,15-17H,5-10,13-14H2,1-2H3. The van der Waals surface area contributed by atoms with Gasteiger partial charge in [-0.3, -0.25) is 4.90 Å². The maximum atomic E-state index is 9.35. The molecule has 2 unspecified atom stereocenters. The molecule has 0 bridgehead atoms. The van der Waals surface area contributed by atoms with Crippen LogP contribution in [0.25, 0.3) is 0 Å². The Morgan fingerprint density at radius 2 is 1.88 bits per heavy atom. The van der Waals surface area contributed by atoms with E-state index in [1.807, 2.05) is 12.1 Å². The van der Waals surface area contributed by atoms with E-state index in [9.17, 15) is 5.26 Å². The van der Waals surface area contributed by atoms with Crippen LogP contribution in [0.3, 0.4) is 0 Å². The first-order valence-corrected chi connectivity index (χ1v) is 9.75. The average molecular weight is 362 g/mol. The molecule has 0 radical (unpaired) electrons. The Kier molecular flexibility index (Phi) is 6.22. The van der Waals surface area contributed by atoms with Crippen molar-refractivity contribution in [3.05, 3.63) is 28.8 Å². The van der Waals surface area contributed by atoms with Crippen molar-refractivity contribution in [2.24, 2.45) is 5.92 Å². The highest BCUT2D eigenvalue weighted by Crippen LogP contribution is 2.29. The lowest BCUT2D eigenvalue weighted by atomic mass is 9.92. The van der Waals surface area contributed by atoms with Crippen LogP contribution < -0.4 is 4.90 Å². The van der Waals surface area contributed by atoms with Crippen molar-refractivity contribution in [1.29, 1.82) is 5.26 Å². The van der Waals surface area contributed by atoms with Gasteiger partial charge < -0.3 is 9.64 Å². The first-order chi connectivity index (χ1) is 12.0. The molecule has 136 valence electrons. The molecule has 25 heavy (non-hydrogen) atoms. The molecule has 2 atom stereocenters. The number of ether oxygens (including phenoxy) is 1. The van der Waals surface area contributed by atoms with E-state index in [1.165, 1.54) is 25.8 Å². The fraction of sp³-hybridized carbons (Fsp3) is 0.650. The van der Waals surface area contributed by atoms with Crippen molar-refractivity contribution in [2.75, 3.05) is 37.6 Å². The van der Waals surface area contributed by atoms with Gasteiger partial charge in [-0.15, -0.1) is 0 Å². The Hall–Kier alpha value is -1.28. The molecular formula is C20H28ClN3O. The van der Waals surface area contributed by atoms with Gasteiger partial charge in [0.1, 0.15) is 6.07 Å². The summed E-state index contributed by atoms with van der Waals surface area (Å²) in [5.74, 6) is 0.780. The molecule has 0 aliphatic carbocycles. The second kappa shape index (κ2) is 8.40. The highest BCUT2D eigenvalue weighted by molar-refractivity contribution is 6.30. The SMILES string of the molecule is CC1CN(CCC2CCN(c3ccc(Cl)cc3C#N)CC2)CC(C)O1. The summed E-state index contributed by atoms with van der Waals surface area (Å²) < 4.78 is 5.82. The zero-order chi connectivity index (χ0) is 17.8. The molecule has 4 nitrogen and oxygen atoms in total. The van der Waals surface area contributed by atoms with E-state index >= 15 is 0 Å². The van der Waals surface area contributed by atoms with E-state index in [4.69, 9.17) is 16.3 Å². The lowest BCUT2D eigenvalue weighted by Crippen LogP contribution is -2.46. The molecular weight excluding hydrogens is 334 g/mol. The van der Waals surface area contributed by atoms with Gasteiger partial charge in [0.25, 0.3) is 0 Å². The predicted molar refractivity (Wildman–Crippen MR) is 102 cm³/mol. The van der Waals surface area contributed by atoms with E-state index in [1.54, 1.807) is 6.07 Å². The molecule has 2 aliphatic rings. The van der Waals surface area contributed by atoms with Crippen LogP contribution in [0.15, 0.2) is 18.2 Å². The number of nitriles is 1. The van der Waals surface area contributed by atoms with Crippen molar-refractivity contribution in [1.82, 2.24) is 4.90 Å². The minimum absolute atomic E-state index is 0.347. The van der Waals surface area contributed by atoms with Crippen LogP contribution in [-0.4, -0.2) is 49.8 Å². The number of nitrogens with zero attached hydrogens (tertiary/aromatic N) is 3. The smallest absolute Gasteiger partial charge is 0.101 e. The monoisotopic (exact) mass is 361 g/mol. The molecule has 1 aromatic rings. The van der Waals surface area contributed by atoms with Crippen molar-refractivity contribution < 1.29 is 4.74 Å². The molecule has 3 rings (SSSR count). The average Bonchev–Trinajstić information content (AvgIpc) is 2.59. The molecule has 0 aromatic heterocycles. The summed E-state index contributed by atoms with van der Waals surface area (Å²) in [7, 11) is 0. The van der Waals surface area contributed by atoms with Crippen LogP contribution in [0.4, 0.5) is 5.69 Å². The quantitative estimate of drug-likeness (QED) is 0.814. The molecule has 2 heterocycles. The molecule has 0 saturated carbocycles. The Morgan fingerprint density at radius 1 is 1.20 bits per heavy atom. The maximum absolute atomic E-state index is 9.35. The van der Waals surface area contributed by atoms with Crippen molar-refractivity contribution >= 4 is 17.3 Å². The second-order valence-corrected chi connectivity index (χ2v) is 7.95. The number of hydrogen-bond donors (Lipinski definition) is 0. The molecule has 0 amide bonds. The third-order valence-electron chi connectivity index (χ3n) is 5.38. The molecule has 0 spiro atoms. The molecule has 2 fully saturated rings. The Bertz CT molecular complexity index is 612. The van der Waals surface area contributed by atoms with Gasteiger partial charge in [0.2, 0.25) is 0 Å². The first-order valence-electron chi connectivity index (χ1n) is 9.37. The predicted octanol–water partition coefficient (Wildman–Crippen LogP) is 3.93. The van der Waals surface area contributed by atoms with E-state index in [2.05, 4.69) is 29.7 Å². The molecule has 0 N–H and O–H groups in total. The van der Waals surface area contributed by atoms with Crippen LogP contribution in [0.2, 0.25) is 5.02 Å². The van der Waals surface area contributed by atoms with Gasteiger partial charge in [-0.1, -0.05) is 11.6 Å². The van der Waals surface area contributed by atoms with Crippen LogP contribution >= 0.6 is 11.6 Å². The topological polar surface area (TPSA) is 39.5 Å². The fourth-order valence-corrected chi connectivity index (χ4v) is 4.34. The zero-order valence-corrected chi connectivity index (χ0v) is 16.0. The summed E-state index contributed by atoms with van der Waals surface area (Å²) in [4.78, 5) is 4.89. The highest BCUT2D eigenvalue weighted by Gasteiger charge is 2.25. The first kappa shape index (κ1) is 18.5. The van der Waals surface area contributed by atoms with E-state index in [0.29, 0.717) is 22.8 Å². The van der Waals surface area contributed by atoms with Crippen molar-refractivity contribution in [2.45, 2.75) is 45.3 Å². The van der Waals surface area contributed by atoms with Gasteiger partial charge in [0.15, 0.2) is 0 Å². The fourth-order valence-electron chi connectivity index (χ4n) is 4.17. The van der Waals surface area contributed by atoms with Crippen molar-refractivity contribution in [3.63, 3.8) is 0 Å². The van der Waals surface area contributed by atoms with Gasteiger partial charge in [0.05, 0.1) is 23.5 Å². The van der Waals surface area contributed by atoms with E-state index in [-0.39, 0.29) is 0 Å². The van der Waals surface area contributed by atoms with Crippen LogP contribution in [-0.2, 0) is 4.74 Å². The van der Waals surface area contributed by atoms with Gasteiger partial charge >= 0.3 is 0 Å². The minimum atomic E-state index is 0.347. The molecule has 2 aliphatic heterocycles. The molecule has 2 saturated heterocycles. The van der Waals surface area contributed by atoms with Gasteiger partial charge in [-0.2, -0.15) is 5.26 Å². The number of rotatable bonds is 4. The third-order valence-corrected chi connectivity index (χ3v) is 5.62. The minimum Gasteiger partial charge on any atom is -0.373 e. The summed E-state index contributed by atoms with van der Waals surface area (Å²) in [6, 6.07) is 7.91. The highest BCUT2D eigenvalue weighted by atomic mass is 35.5. The molecule has 1 aromatic carbocycles. The number of hydrogen-bond acceptors (Lipinski definition) is 4. The van der Waals surface area contributed by atoms with Crippen molar-refractivity contribution in [3.8, 4) is 6.07 Å². The van der Waals surface area contributed by atoms with Crippen LogP contribution in [0.5, 0.6) is 0 Å². The number of piperidine rings is 1. The van der Waals surface area contributed by atoms with Gasteiger partial charge in [0, 0.05) is 31.2 Å². The Morgan fingerprint density at radius 3 is 2.52 bits per heavy atom. The molecule has 5 heteroatoms. The summed E-state index contributed by atoms with van der Waals surface area (Å²) in [6.45, 7) is 9.67. The summed E-state index contributed by atoms with van der Waals surface area (Å²) in [5, 5.41) is 9.97. The Balaban J connectivity index is 1.48. The van der Waals surface area contributed by atoms with Crippen LogP contribution in [0, 0.1) is 17.2 Å². The zero-order valence-electron chi connectivity index (χ0n) is 15.2. The maximum Gasteiger partial charge on any atom is 0.101 e. The number of morpholine rings is 1. The van der Waals surface area contributed by atoms with E-state index in [0.717, 1.165) is 37.8 Å². The summed E-state index contributed by atoms with van der Waals surface area (Å²) >= 11 is 6.01. The number of benzene rings is 1. The number of anilines is 1. The van der Waals surface area contributed by atoms with Gasteiger partial charge in [-0.25, -0.2) is 0 Å². The lowest BCUT2D eigenvalue weighted by molar-refractivity contribution is -0.0690. The Labute approximate surface area is 156 Å². The summed E-state index contributed by atoms with van der Waals surface area (Å²) in [6.07, 6.45) is 4.35. The normalized spacial score (nSPS) is 25.8. The van der Waals surface area contributed by atoms with E-state index < -0.39 is 0 Å². The second-order valence-electron chi connectivity index (χ2n) is 7.51. The van der Waals surface area contributed by atoms with Gasteiger partial charge in [-0.05, 0) is 63.8 Å².